The Morgan fingerprint density at radius 1 is 1.10 bits per heavy atom. The van der Waals surface area contributed by atoms with Crippen molar-refractivity contribution in [3.63, 3.8) is 0 Å². The van der Waals surface area contributed by atoms with Crippen molar-refractivity contribution < 1.29 is 29.4 Å². The maximum absolute atomic E-state index is 14.2. The second kappa shape index (κ2) is 16.1. The number of hydrogen-bond donors (Lipinski definition) is 4. The number of aliphatic hydroxyl groups is 2. The van der Waals surface area contributed by atoms with Gasteiger partial charge in [0.25, 0.3) is 5.91 Å². The molecule has 286 valence electrons. The molecule has 2 aromatic carbocycles. The van der Waals surface area contributed by atoms with Gasteiger partial charge in [-0.15, -0.1) is 0 Å². The van der Waals surface area contributed by atoms with Crippen molar-refractivity contribution in [1.82, 2.24) is 20.6 Å². The summed E-state index contributed by atoms with van der Waals surface area (Å²) in [4.78, 5) is 36.3. The number of ether oxygens (including phenoxy) is 1. The highest BCUT2D eigenvalue weighted by atomic mass is 16.7. The molecule has 5 aliphatic rings. The topological polar surface area (TPSA) is 124 Å². The molecule has 52 heavy (non-hydrogen) atoms. The number of rotatable bonds is 13. The third kappa shape index (κ3) is 7.78. The van der Waals surface area contributed by atoms with E-state index in [1.807, 2.05) is 42.5 Å². The zero-order chi connectivity index (χ0) is 37.3. The van der Waals surface area contributed by atoms with E-state index in [9.17, 15) is 19.8 Å². The van der Waals surface area contributed by atoms with Crippen LogP contribution in [0.4, 0.5) is 0 Å². The maximum atomic E-state index is 14.2. The second-order valence-electron chi connectivity index (χ2n) is 17.1. The lowest BCUT2D eigenvalue weighted by atomic mass is 9.45. The Bertz CT molecular complexity index is 1560. The van der Waals surface area contributed by atoms with Crippen molar-refractivity contribution in [1.29, 1.82) is 0 Å². The summed E-state index contributed by atoms with van der Waals surface area (Å²) >= 11 is 0. The number of fused-ring (bicyclic) bond motifs is 2. The molecule has 2 amide bonds. The molecule has 2 aromatic rings. The van der Waals surface area contributed by atoms with Gasteiger partial charge in [0.15, 0.2) is 0 Å². The number of hydroxylamine groups is 2. The number of methoxy groups -OCH3 is 1. The number of nitrogens with zero attached hydrogens (tertiary/aromatic N) is 2. The quantitative estimate of drug-likeness (QED) is 0.221. The van der Waals surface area contributed by atoms with Gasteiger partial charge in [0.1, 0.15) is 17.9 Å². The number of amides is 2. The zero-order valence-corrected chi connectivity index (χ0v) is 32.3. The van der Waals surface area contributed by atoms with Gasteiger partial charge in [-0.2, -0.15) is 5.06 Å². The molecular formula is C42H62N4O6. The molecule has 1 aliphatic heterocycles. The molecule has 0 spiro atoms. The summed E-state index contributed by atoms with van der Waals surface area (Å²) in [6.07, 6.45) is 6.51. The lowest BCUT2D eigenvalue weighted by molar-refractivity contribution is -0.183. The van der Waals surface area contributed by atoms with E-state index in [0.717, 1.165) is 42.5 Å². The summed E-state index contributed by atoms with van der Waals surface area (Å²) in [7, 11) is 5.73. The van der Waals surface area contributed by atoms with Gasteiger partial charge < -0.3 is 30.5 Å². The molecule has 4 saturated carbocycles. The third-order valence-electron chi connectivity index (χ3n) is 13.2. The van der Waals surface area contributed by atoms with E-state index in [2.05, 4.69) is 50.4 Å². The Morgan fingerprint density at radius 2 is 1.83 bits per heavy atom. The highest BCUT2D eigenvalue weighted by Gasteiger charge is 2.57. The number of carbonyl (C=O) groups is 2. The normalized spacial score (nSPS) is 30.0. The second-order valence-corrected chi connectivity index (χ2v) is 17.1. The average Bonchev–Trinajstić information content (AvgIpc) is 3.50. The highest BCUT2D eigenvalue weighted by molar-refractivity contribution is 5.96. The summed E-state index contributed by atoms with van der Waals surface area (Å²) in [6.45, 7) is 9.26. The molecule has 10 nitrogen and oxygen atoms in total. The average molecular weight is 719 g/mol. The van der Waals surface area contributed by atoms with Gasteiger partial charge in [-0.25, -0.2) is 0 Å². The lowest BCUT2D eigenvalue weighted by Crippen LogP contribution is -2.62. The summed E-state index contributed by atoms with van der Waals surface area (Å²) < 4.78 is 6.04. The van der Waals surface area contributed by atoms with Crippen LogP contribution < -0.4 is 15.4 Å². The van der Waals surface area contributed by atoms with Crippen molar-refractivity contribution in [2.75, 3.05) is 34.4 Å². The van der Waals surface area contributed by atoms with E-state index in [1.54, 1.807) is 19.1 Å². The summed E-state index contributed by atoms with van der Waals surface area (Å²) in [5.74, 6) is 1.69. The van der Waals surface area contributed by atoms with Crippen molar-refractivity contribution in [2.45, 2.75) is 110 Å². The molecule has 4 N–H and O–H groups in total. The van der Waals surface area contributed by atoms with Gasteiger partial charge in [0.05, 0.1) is 26.4 Å². The Morgan fingerprint density at radius 3 is 2.46 bits per heavy atom. The fourth-order valence-electron chi connectivity index (χ4n) is 10.2. The summed E-state index contributed by atoms with van der Waals surface area (Å²) in [5, 5.41) is 29.6. The minimum Gasteiger partial charge on any atom is -0.496 e. The van der Waals surface area contributed by atoms with Crippen molar-refractivity contribution in [2.24, 2.45) is 35.0 Å². The first-order valence-corrected chi connectivity index (χ1v) is 19.6. The Balaban J connectivity index is 1.23. The minimum atomic E-state index is -0.883. The van der Waals surface area contributed by atoms with E-state index >= 15 is 0 Å². The third-order valence-corrected chi connectivity index (χ3v) is 13.2. The van der Waals surface area contributed by atoms with Gasteiger partial charge in [0, 0.05) is 41.2 Å². The Hall–Kier alpha value is -3.02. The minimum absolute atomic E-state index is 0.0529. The summed E-state index contributed by atoms with van der Waals surface area (Å²) in [6, 6.07) is 12.8. The van der Waals surface area contributed by atoms with Crippen LogP contribution in [0.15, 0.2) is 42.5 Å². The number of nitrogens with one attached hydrogen (secondary N) is 2. The Labute approximate surface area is 310 Å². The number of aliphatic hydroxyl groups excluding tert-OH is 2. The fraction of sp³-hybridized carbons (Fsp3) is 0.667. The zero-order valence-electron chi connectivity index (χ0n) is 32.3. The number of benzene rings is 2. The molecule has 0 aromatic heterocycles. The first kappa shape index (κ1) is 38.7. The van der Waals surface area contributed by atoms with Crippen molar-refractivity contribution >= 4 is 11.8 Å². The molecule has 4 aliphatic carbocycles. The summed E-state index contributed by atoms with van der Waals surface area (Å²) in [5.41, 5.74) is 3.32. The Kier molecular flexibility index (Phi) is 12.0. The van der Waals surface area contributed by atoms with Crippen LogP contribution in [0.3, 0.4) is 0 Å². The van der Waals surface area contributed by atoms with Crippen LogP contribution in [0, 0.1) is 35.0 Å². The SMILES string of the molecule is COc1c(CN2O[C@@H](CO)[C@@H]([C@H](C)O)[C@H]2C(=O)N[C@H]2C[C@H]3C[C@@H]([C@@H]2C)C3(C)C)cccc1-c1cccc(C(=O)N[C@H](CN(C)C)C2CCCCC2)c1. The molecule has 7 rings (SSSR count). The highest BCUT2D eigenvalue weighted by Crippen LogP contribution is 2.61. The van der Waals surface area contributed by atoms with Crippen LogP contribution in [0.2, 0.25) is 0 Å². The molecular weight excluding hydrogens is 656 g/mol. The van der Waals surface area contributed by atoms with E-state index in [4.69, 9.17) is 9.57 Å². The number of para-hydroxylation sites is 1. The van der Waals surface area contributed by atoms with Gasteiger partial charge in [0.2, 0.25) is 5.91 Å². The standard InChI is InChI=1S/C42H62N4O6/c1-25-33-20-31(42(33,3)4)21-34(25)43-41(50)38-37(26(2)48)36(24-47)52-46(38)22-30-17-12-18-32(39(30)51-7)28-15-11-16-29(19-28)40(49)44-35(23-45(5)6)27-13-9-8-10-14-27/h11-12,15-19,25-27,31,33-38,47-48H,8-10,13-14,20-24H2,1-7H3,(H,43,50)(H,44,49)/t25-,26-,31+,33-,34-,35+,36-,37+,38-/m0/s1. The molecule has 1 heterocycles. The molecule has 0 unspecified atom stereocenters. The smallest absolute Gasteiger partial charge is 0.251 e. The monoisotopic (exact) mass is 718 g/mol. The van der Waals surface area contributed by atoms with E-state index in [1.165, 1.54) is 25.7 Å². The van der Waals surface area contributed by atoms with E-state index in [0.29, 0.717) is 40.4 Å². The molecule has 0 radical (unpaired) electrons. The van der Waals surface area contributed by atoms with Gasteiger partial charge in [-0.1, -0.05) is 70.4 Å². The van der Waals surface area contributed by atoms with Crippen LogP contribution in [0.5, 0.6) is 5.75 Å². The van der Waals surface area contributed by atoms with E-state index in [-0.39, 0.29) is 37.0 Å². The predicted molar refractivity (Wildman–Crippen MR) is 202 cm³/mol. The largest absolute Gasteiger partial charge is 0.496 e. The first-order valence-electron chi connectivity index (χ1n) is 19.6. The van der Waals surface area contributed by atoms with Crippen molar-refractivity contribution in [3.8, 4) is 16.9 Å². The fourth-order valence-corrected chi connectivity index (χ4v) is 10.2. The molecule has 5 fully saturated rings. The van der Waals surface area contributed by atoms with Crippen LogP contribution in [0.1, 0.15) is 88.6 Å². The molecule has 9 atom stereocenters. The molecule has 2 bridgehead atoms. The number of hydrogen-bond acceptors (Lipinski definition) is 8. The van der Waals surface area contributed by atoms with Crippen LogP contribution in [-0.4, -0.2) is 96.7 Å². The van der Waals surface area contributed by atoms with Crippen LogP contribution in [-0.2, 0) is 16.2 Å². The van der Waals surface area contributed by atoms with Gasteiger partial charge >= 0.3 is 0 Å². The molecule has 1 saturated heterocycles. The van der Waals surface area contributed by atoms with Gasteiger partial charge in [-0.3, -0.25) is 14.4 Å². The van der Waals surface area contributed by atoms with E-state index < -0.39 is 24.2 Å². The number of carbonyl (C=O) groups excluding carboxylic acids is 2. The lowest BCUT2D eigenvalue weighted by Gasteiger charge is -2.62. The van der Waals surface area contributed by atoms with Crippen LogP contribution in [0.25, 0.3) is 11.1 Å². The maximum Gasteiger partial charge on any atom is 0.251 e. The first-order chi connectivity index (χ1) is 24.8. The van der Waals surface area contributed by atoms with Gasteiger partial charge in [-0.05, 0) is 93.5 Å². The molecule has 10 heteroatoms. The van der Waals surface area contributed by atoms with Crippen LogP contribution >= 0.6 is 0 Å². The number of likely N-dealkylation sites (N-methyl/N-ethyl adjacent to an activating group) is 1. The van der Waals surface area contributed by atoms with Crippen molar-refractivity contribution in [3.05, 3.63) is 53.6 Å². The predicted octanol–water partition coefficient (Wildman–Crippen LogP) is 5.26.